The number of nitrogens with two attached hydrogens (primary N) is 1. The van der Waals surface area contributed by atoms with Gasteiger partial charge in [0.1, 0.15) is 6.10 Å². The second-order valence-corrected chi connectivity index (χ2v) is 1.76. The summed E-state index contributed by atoms with van der Waals surface area (Å²) in [7, 11) is 0. The van der Waals surface area contributed by atoms with E-state index < -0.39 is 6.10 Å². The predicted octanol–water partition coefficient (Wildman–Crippen LogP) is -1.56. The van der Waals surface area contributed by atoms with Crippen LogP contribution in [0.3, 0.4) is 0 Å². The van der Waals surface area contributed by atoms with E-state index in [4.69, 9.17) is 10.8 Å². The first-order valence-electron chi connectivity index (χ1n) is 2.84. The molecule has 4 heteroatoms. The molecule has 0 radical (unpaired) electrons. The second kappa shape index (κ2) is 4.29. The summed E-state index contributed by atoms with van der Waals surface area (Å²) in [4.78, 5) is 10.5. The molecule has 0 heterocycles. The van der Waals surface area contributed by atoms with Crippen LogP contribution in [0.1, 0.15) is 6.92 Å². The van der Waals surface area contributed by atoms with E-state index in [2.05, 4.69) is 5.32 Å². The van der Waals surface area contributed by atoms with Crippen LogP contribution in [-0.4, -0.2) is 30.2 Å². The lowest BCUT2D eigenvalue weighted by atomic mass is 10.4. The summed E-state index contributed by atoms with van der Waals surface area (Å²) in [5.74, 6) is -0.375. The summed E-state index contributed by atoms with van der Waals surface area (Å²) in [5.41, 5.74) is 5.08. The van der Waals surface area contributed by atoms with Crippen LogP contribution in [0.4, 0.5) is 0 Å². The molecule has 0 unspecified atom stereocenters. The standard InChI is InChI=1S/C5H12N2O2/c1-4(8)5(9)7-3-2-6/h4,8H,2-3,6H2,1H3,(H,7,9)/t4-/m0/s1. The van der Waals surface area contributed by atoms with Gasteiger partial charge in [-0.25, -0.2) is 0 Å². The molecule has 0 saturated heterocycles. The van der Waals surface area contributed by atoms with Crippen molar-refractivity contribution in [3.63, 3.8) is 0 Å². The van der Waals surface area contributed by atoms with Gasteiger partial charge in [-0.05, 0) is 6.92 Å². The van der Waals surface area contributed by atoms with Crippen molar-refractivity contribution in [3.8, 4) is 0 Å². The zero-order valence-electron chi connectivity index (χ0n) is 5.42. The summed E-state index contributed by atoms with van der Waals surface area (Å²) in [6.07, 6.45) is -0.934. The number of hydrogen-bond acceptors (Lipinski definition) is 3. The number of nitrogens with one attached hydrogen (secondary N) is 1. The van der Waals surface area contributed by atoms with E-state index in [0.29, 0.717) is 13.1 Å². The first kappa shape index (κ1) is 8.39. The van der Waals surface area contributed by atoms with Gasteiger partial charge < -0.3 is 16.2 Å². The molecule has 0 spiro atoms. The molecule has 4 nitrogen and oxygen atoms in total. The molecule has 0 aliphatic carbocycles. The van der Waals surface area contributed by atoms with Crippen molar-refractivity contribution in [1.29, 1.82) is 0 Å². The molecule has 54 valence electrons. The average molecular weight is 132 g/mol. The molecule has 0 aromatic heterocycles. The normalized spacial score (nSPS) is 12.8. The maximum absolute atomic E-state index is 10.5. The average Bonchev–Trinajstić information content (AvgIpc) is 1.82. The number of amides is 1. The fraction of sp³-hybridized carbons (Fsp3) is 0.800. The molecule has 0 aliphatic rings. The number of hydrogen-bond donors (Lipinski definition) is 3. The Morgan fingerprint density at radius 3 is 2.78 bits per heavy atom. The zero-order valence-corrected chi connectivity index (χ0v) is 5.42. The van der Waals surface area contributed by atoms with Crippen LogP contribution < -0.4 is 11.1 Å². The van der Waals surface area contributed by atoms with Gasteiger partial charge in [0.05, 0.1) is 0 Å². The van der Waals surface area contributed by atoms with Crippen LogP contribution in [0, 0.1) is 0 Å². The van der Waals surface area contributed by atoms with E-state index in [9.17, 15) is 4.79 Å². The molecule has 1 atom stereocenters. The second-order valence-electron chi connectivity index (χ2n) is 1.76. The van der Waals surface area contributed by atoms with E-state index in [1.54, 1.807) is 0 Å². The first-order valence-corrected chi connectivity index (χ1v) is 2.84. The number of aliphatic hydroxyl groups is 1. The highest BCUT2D eigenvalue weighted by Crippen LogP contribution is 1.76. The van der Waals surface area contributed by atoms with Gasteiger partial charge in [0.25, 0.3) is 0 Å². The van der Waals surface area contributed by atoms with Crippen molar-refractivity contribution in [2.45, 2.75) is 13.0 Å². The summed E-state index contributed by atoms with van der Waals surface area (Å²) < 4.78 is 0. The van der Waals surface area contributed by atoms with Gasteiger partial charge in [0.15, 0.2) is 0 Å². The van der Waals surface area contributed by atoms with Crippen molar-refractivity contribution in [1.82, 2.24) is 5.32 Å². The van der Waals surface area contributed by atoms with Crippen molar-refractivity contribution >= 4 is 5.91 Å². The lowest BCUT2D eigenvalue weighted by molar-refractivity contribution is -0.128. The smallest absolute Gasteiger partial charge is 0.248 e. The molecule has 0 aliphatic heterocycles. The Morgan fingerprint density at radius 1 is 1.89 bits per heavy atom. The van der Waals surface area contributed by atoms with Gasteiger partial charge in [-0.15, -0.1) is 0 Å². The highest BCUT2D eigenvalue weighted by Gasteiger charge is 2.05. The van der Waals surface area contributed by atoms with Gasteiger partial charge >= 0.3 is 0 Å². The van der Waals surface area contributed by atoms with Crippen molar-refractivity contribution in [3.05, 3.63) is 0 Å². The Hall–Kier alpha value is -0.610. The fourth-order valence-electron chi connectivity index (χ4n) is 0.343. The predicted molar refractivity (Wildman–Crippen MR) is 33.7 cm³/mol. The first-order chi connectivity index (χ1) is 4.18. The fourth-order valence-corrected chi connectivity index (χ4v) is 0.343. The van der Waals surface area contributed by atoms with Gasteiger partial charge in [0.2, 0.25) is 5.91 Å². The summed E-state index contributed by atoms with van der Waals surface area (Å²) in [6, 6.07) is 0. The van der Waals surface area contributed by atoms with Crippen molar-refractivity contribution < 1.29 is 9.90 Å². The molecule has 0 bridgehead atoms. The van der Waals surface area contributed by atoms with Crippen molar-refractivity contribution in [2.75, 3.05) is 13.1 Å². The van der Waals surface area contributed by atoms with Crippen molar-refractivity contribution in [2.24, 2.45) is 5.73 Å². The monoisotopic (exact) mass is 132 g/mol. The van der Waals surface area contributed by atoms with Crippen LogP contribution in [0.5, 0.6) is 0 Å². The molecule has 1 amide bonds. The minimum Gasteiger partial charge on any atom is -0.384 e. The third-order valence-electron chi connectivity index (χ3n) is 0.823. The van der Waals surface area contributed by atoms with Gasteiger partial charge in [0, 0.05) is 13.1 Å². The van der Waals surface area contributed by atoms with E-state index >= 15 is 0 Å². The van der Waals surface area contributed by atoms with Gasteiger partial charge in [-0.2, -0.15) is 0 Å². The summed E-state index contributed by atoms with van der Waals surface area (Å²) in [5, 5.41) is 11.0. The number of carbonyl (C=O) groups is 1. The Bertz CT molecular complexity index is 93.0. The lowest BCUT2D eigenvalue weighted by Gasteiger charge is -2.03. The van der Waals surface area contributed by atoms with Gasteiger partial charge in [-0.3, -0.25) is 4.79 Å². The molecular weight excluding hydrogens is 120 g/mol. The minimum absolute atomic E-state index is 0.375. The quantitative estimate of drug-likeness (QED) is 0.435. The molecular formula is C5H12N2O2. The van der Waals surface area contributed by atoms with E-state index in [-0.39, 0.29) is 5.91 Å². The van der Waals surface area contributed by atoms with E-state index in [1.807, 2.05) is 0 Å². The third kappa shape index (κ3) is 3.93. The maximum atomic E-state index is 10.5. The van der Waals surface area contributed by atoms with Crippen LogP contribution in [-0.2, 0) is 4.79 Å². The molecule has 0 aromatic rings. The number of carbonyl (C=O) groups excluding carboxylic acids is 1. The molecule has 0 aromatic carbocycles. The third-order valence-corrected chi connectivity index (χ3v) is 0.823. The molecule has 9 heavy (non-hydrogen) atoms. The van der Waals surface area contributed by atoms with E-state index in [1.165, 1.54) is 6.92 Å². The Morgan fingerprint density at radius 2 is 2.44 bits per heavy atom. The van der Waals surface area contributed by atoms with E-state index in [0.717, 1.165) is 0 Å². The number of rotatable bonds is 3. The van der Waals surface area contributed by atoms with Crippen LogP contribution in [0.15, 0.2) is 0 Å². The highest BCUT2D eigenvalue weighted by atomic mass is 16.3. The SMILES string of the molecule is C[C@H](O)C(=O)NCCN. The zero-order chi connectivity index (χ0) is 7.28. The largest absolute Gasteiger partial charge is 0.384 e. The molecule has 0 fully saturated rings. The van der Waals surface area contributed by atoms with Crippen LogP contribution >= 0.6 is 0 Å². The minimum atomic E-state index is -0.934. The molecule has 0 rings (SSSR count). The maximum Gasteiger partial charge on any atom is 0.248 e. The summed E-state index contributed by atoms with van der Waals surface area (Å²) >= 11 is 0. The topological polar surface area (TPSA) is 75.3 Å². The molecule has 0 saturated carbocycles. The van der Waals surface area contributed by atoms with Crippen LogP contribution in [0.2, 0.25) is 0 Å². The van der Waals surface area contributed by atoms with Gasteiger partial charge in [-0.1, -0.05) is 0 Å². The highest BCUT2D eigenvalue weighted by molar-refractivity contribution is 5.79. The van der Waals surface area contributed by atoms with Crippen LogP contribution in [0.25, 0.3) is 0 Å². The summed E-state index contributed by atoms with van der Waals surface area (Å²) in [6.45, 7) is 2.23. The molecule has 4 N–H and O–H groups in total. The number of aliphatic hydroxyl groups excluding tert-OH is 1. The lowest BCUT2D eigenvalue weighted by Crippen LogP contribution is -2.35. The Kier molecular flexibility index (Phi) is 4.00. The Balaban J connectivity index is 3.28. The Labute approximate surface area is 54.0 Å².